The van der Waals surface area contributed by atoms with E-state index in [0.717, 1.165) is 26.8 Å². The molecule has 4 aliphatic rings. The highest BCUT2D eigenvalue weighted by atomic mass is 32.2. The number of nitrogens with one attached hydrogen (secondary N) is 1. The van der Waals surface area contributed by atoms with Crippen LogP contribution in [-0.2, 0) is 19.8 Å². The largest absolute Gasteiger partial charge is 0.480 e. The highest BCUT2D eigenvalue weighted by Gasteiger charge is 2.70. The number of aromatic amines is 1. The summed E-state index contributed by atoms with van der Waals surface area (Å²) in [5, 5.41) is 10.8. The van der Waals surface area contributed by atoms with Crippen molar-refractivity contribution in [1.82, 2.24) is 9.88 Å². The van der Waals surface area contributed by atoms with E-state index in [-0.39, 0.29) is 56.9 Å². The van der Waals surface area contributed by atoms with Gasteiger partial charge in [0.25, 0.3) is 0 Å². The van der Waals surface area contributed by atoms with Crippen LogP contribution in [0.1, 0.15) is 63.0 Å². The van der Waals surface area contributed by atoms with Crippen LogP contribution in [0.5, 0.6) is 0 Å². The number of thioether (sulfide) groups is 1. The van der Waals surface area contributed by atoms with E-state index in [9.17, 15) is 24.3 Å². The van der Waals surface area contributed by atoms with E-state index >= 15 is 0 Å². The first-order chi connectivity index (χ1) is 17.4. The highest BCUT2D eigenvalue weighted by molar-refractivity contribution is 8.00. The number of hydrogen-bond donors (Lipinski definition) is 2. The number of aromatic nitrogens is 1. The molecule has 2 amide bonds. The maximum Gasteiger partial charge on any atom is 0.327 e. The number of amides is 2. The monoisotopic (exact) mass is 540 g/mol. The van der Waals surface area contributed by atoms with E-state index in [4.69, 9.17) is 0 Å². The Labute approximate surface area is 224 Å². The predicted octanol–water partition coefficient (Wildman–Crippen LogP) is 4.32. The summed E-state index contributed by atoms with van der Waals surface area (Å²) >= 11 is 2.90. The summed E-state index contributed by atoms with van der Waals surface area (Å²) in [5.74, 6) is -3.05. The Kier molecular flexibility index (Phi) is 5.59. The maximum absolute atomic E-state index is 13.7. The summed E-state index contributed by atoms with van der Waals surface area (Å²) in [6, 6.07) is 7.48. The Hall–Kier alpha value is -2.39. The number of aliphatic carboxylic acids is 1. The molecule has 3 heterocycles. The quantitative estimate of drug-likeness (QED) is 0.560. The lowest BCUT2D eigenvalue weighted by atomic mass is 9.68. The lowest BCUT2D eigenvalue weighted by Gasteiger charge is -2.43. The summed E-state index contributed by atoms with van der Waals surface area (Å²) in [7, 11) is 0. The van der Waals surface area contributed by atoms with E-state index in [1.54, 1.807) is 25.6 Å². The van der Waals surface area contributed by atoms with Crippen LogP contribution in [0.25, 0.3) is 0 Å². The molecule has 0 unspecified atom stereocenters. The van der Waals surface area contributed by atoms with E-state index in [0.29, 0.717) is 0 Å². The Morgan fingerprint density at radius 3 is 2.24 bits per heavy atom. The molecule has 7 nitrogen and oxygen atoms in total. The van der Waals surface area contributed by atoms with Gasteiger partial charge in [-0.3, -0.25) is 19.3 Å². The average Bonchev–Trinajstić information content (AvgIpc) is 3.53. The normalized spacial score (nSPS) is 33.0. The number of carboxylic acid groups (broad SMARTS) is 1. The number of rotatable bonds is 4. The van der Waals surface area contributed by atoms with Crippen LogP contribution < -0.4 is 4.87 Å². The zero-order valence-electron chi connectivity index (χ0n) is 21.6. The van der Waals surface area contributed by atoms with Crippen LogP contribution in [0.15, 0.2) is 34.1 Å². The Balaban J connectivity index is 1.42. The minimum Gasteiger partial charge on any atom is -0.480 e. The number of thiazole rings is 1. The number of imide groups is 1. The number of likely N-dealkylation sites (tertiary alicyclic amines) is 1. The second-order valence-corrected chi connectivity index (χ2v) is 14.6. The van der Waals surface area contributed by atoms with Crippen LogP contribution in [0.2, 0.25) is 0 Å². The van der Waals surface area contributed by atoms with Gasteiger partial charge in [-0.1, -0.05) is 70.2 Å². The Morgan fingerprint density at radius 1 is 1.05 bits per heavy atom. The number of fused-ring (bicyclic) bond motifs is 9. The molecule has 1 saturated heterocycles. The SMILES string of the molecule is CC(C)[C@H](C(=O)O)N1C(=O)[C@@H]2[C@@H]3C[C@H]([C@H]4Sc5[nH]c(=O)sc5[C@@H](c5ccc(C(C)(C)C)cc5)[C@H]34)[C@@H]2C1=O. The fourth-order valence-electron chi connectivity index (χ4n) is 7.57. The molecule has 196 valence electrons. The molecule has 6 rings (SSSR count). The molecule has 2 aliphatic heterocycles. The van der Waals surface area contributed by atoms with Gasteiger partial charge in [0.1, 0.15) is 6.04 Å². The number of nitrogens with zero attached hydrogens (tertiary/aromatic N) is 1. The molecule has 8 atom stereocenters. The van der Waals surface area contributed by atoms with Crippen molar-refractivity contribution in [1.29, 1.82) is 0 Å². The van der Waals surface area contributed by atoms with E-state index in [2.05, 4.69) is 50.0 Å². The summed E-state index contributed by atoms with van der Waals surface area (Å²) in [6.07, 6.45) is 0.790. The zero-order valence-corrected chi connectivity index (χ0v) is 23.2. The van der Waals surface area contributed by atoms with Crippen molar-refractivity contribution in [3.63, 3.8) is 0 Å². The fourth-order valence-corrected chi connectivity index (χ4v) is 10.5. The molecule has 2 aliphatic carbocycles. The molecular formula is C28H32N2O5S2. The number of carbonyl (C=O) groups excluding carboxylic acids is 2. The summed E-state index contributed by atoms with van der Waals surface area (Å²) in [5.41, 5.74) is 2.38. The number of carboxylic acids is 1. The van der Waals surface area contributed by atoms with Crippen LogP contribution >= 0.6 is 23.1 Å². The first-order valence-corrected chi connectivity index (χ1v) is 14.7. The molecule has 0 radical (unpaired) electrons. The van der Waals surface area contributed by atoms with Gasteiger partial charge in [-0.15, -0.1) is 11.8 Å². The lowest BCUT2D eigenvalue weighted by Crippen LogP contribution is -2.49. The fraction of sp³-hybridized carbons (Fsp3) is 0.571. The minimum atomic E-state index is -1.14. The second-order valence-electron chi connectivity index (χ2n) is 12.4. The molecule has 2 N–H and O–H groups in total. The summed E-state index contributed by atoms with van der Waals surface area (Å²) < 4.78 is 0. The van der Waals surface area contributed by atoms with Gasteiger partial charge in [0.2, 0.25) is 11.8 Å². The maximum atomic E-state index is 13.7. The van der Waals surface area contributed by atoms with E-state index < -0.39 is 23.8 Å². The molecule has 2 saturated carbocycles. The molecule has 2 aromatic rings. The van der Waals surface area contributed by atoms with Crippen molar-refractivity contribution < 1.29 is 19.5 Å². The first kappa shape index (κ1) is 24.9. The molecule has 0 spiro atoms. The topological polar surface area (TPSA) is 108 Å². The van der Waals surface area contributed by atoms with Gasteiger partial charge >= 0.3 is 10.8 Å². The van der Waals surface area contributed by atoms with Gasteiger partial charge < -0.3 is 10.1 Å². The van der Waals surface area contributed by atoms with Crippen molar-refractivity contribution >= 4 is 40.9 Å². The van der Waals surface area contributed by atoms with Gasteiger partial charge in [-0.05, 0) is 46.6 Å². The average molecular weight is 541 g/mol. The van der Waals surface area contributed by atoms with Crippen LogP contribution in [0, 0.1) is 35.5 Å². The summed E-state index contributed by atoms with van der Waals surface area (Å²) in [6.45, 7) is 10.0. The number of hydrogen-bond acceptors (Lipinski definition) is 6. The van der Waals surface area contributed by atoms with Gasteiger partial charge in [0.05, 0.1) is 16.9 Å². The highest BCUT2D eigenvalue weighted by Crippen LogP contribution is 2.68. The van der Waals surface area contributed by atoms with E-state index in [1.807, 2.05) is 0 Å². The van der Waals surface area contributed by atoms with Gasteiger partial charge in [0.15, 0.2) is 0 Å². The Morgan fingerprint density at radius 2 is 1.68 bits per heavy atom. The number of H-pyrrole nitrogens is 1. The standard InChI is InChI=1S/C28H32N2O5S2/c1-11(2)20(26(33)34)30-24(31)18-14-10-15(19(18)25(30)32)21-17(14)16(22-23(36-21)29-27(35)37-22)12-6-8-13(9-7-12)28(3,4)5/h6-9,11,14-21H,10H2,1-5H3,(H,29,35)(H,33,34)/t14-,15+,16+,17+,18-,19+,20-,21-/m1/s1. The van der Waals surface area contributed by atoms with Crippen molar-refractivity contribution in [3.8, 4) is 0 Å². The van der Waals surface area contributed by atoms with Crippen LogP contribution in [0.3, 0.4) is 0 Å². The van der Waals surface area contributed by atoms with Crippen molar-refractivity contribution in [3.05, 3.63) is 49.9 Å². The van der Waals surface area contributed by atoms with Crippen molar-refractivity contribution in [2.24, 2.45) is 35.5 Å². The summed E-state index contributed by atoms with van der Waals surface area (Å²) in [4.78, 5) is 56.9. The number of carbonyl (C=O) groups is 3. The third kappa shape index (κ3) is 3.52. The lowest BCUT2D eigenvalue weighted by molar-refractivity contribution is -0.157. The third-order valence-corrected chi connectivity index (χ3v) is 11.6. The van der Waals surface area contributed by atoms with Gasteiger partial charge in [0, 0.05) is 16.0 Å². The van der Waals surface area contributed by atoms with Crippen molar-refractivity contribution in [2.45, 2.75) is 68.7 Å². The van der Waals surface area contributed by atoms with Crippen molar-refractivity contribution in [2.75, 3.05) is 0 Å². The first-order valence-electron chi connectivity index (χ1n) is 13.0. The second kappa shape index (κ2) is 8.30. The van der Waals surface area contributed by atoms with E-state index in [1.165, 1.54) is 16.9 Å². The predicted molar refractivity (Wildman–Crippen MR) is 142 cm³/mol. The molecule has 2 bridgehead atoms. The molecule has 1 aromatic carbocycles. The minimum absolute atomic E-state index is 0.0130. The van der Waals surface area contributed by atoms with Gasteiger partial charge in [-0.2, -0.15) is 0 Å². The zero-order chi connectivity index (χ0) is 26.5. The van der Waals surface area contributed by atoms with Gasteiger partial charge in [-0.25, -0.2) is 4.79 Å². The number of benzene rings is 1. The molecule has 9 heteroatoms. The van der Waals surface area contributed by atoms with Crippen LogP contribution in [0.4, 0.5) is 0 Å². The van der Waals surface area contributed by atoms with Crippen LogP contribution in [-0.4, -0.2) is 44.1 Å². The smallest absolute Gasteiger partial charge is 0.327 e. The molecule has 37 heavy (non-hydrogen) atoms. The Bertz CT molecular complexity index is 1350. The molecule has 3 fully saturated rings. The molecule has 1 aromatic heterocycles. The third-order valence-electron chi connectivity index (χ3n) is 9.06. The molecular weight excluding hydrogens is 508 g/mol.